The molecule has 0 aliphatic carbocycles. The van der Waals surface area contributed by atoms with Gasteiger partial charge in [-0.15, -0.1) is 10.2 Å². The van der Waals surface area contributed by atoms with Crippen molar-refractivity contribution in [2.75, 3.05) is 0 Å². The largest absolute Gasteiger partial charge is 0.335 e. The zero-order valence-corrected chi connectivity index (χ0v) is 8.04. The van der Waals surface area contributed by atoms with Crippen molar-refractivity contribution in [3.8, 4) is 0 Å². The predicted molar refractivity (Wildman–Crippen MR) is 55.3 cm³/mol. The van der Waals surface area contributed by atoms with Crippen molar-refractivity contribution < 1.29 is 9.59 Å². The number of azo groups is 1. The Kier molecular flexibility index (Phi) is 1.67. The van der Waals surface area contributed by atoms with Crippen LogP contribution in [0.25, 0.3) is 12.2 Å². The Balaban J connectivity index is 2.43. The molecule has 2 aliphatic heterocycles. The van der Waals surface area contributed by atoms with E-state index in [9.17, 15) is 9.59 Å². The van der Waals surface area contributed by atoms with Gasteiger partial charge in [-0.1, -0.05) is 6.07 Å². The van der Waals surface area contributed by atoms with Gasteiger partial charge in [0.15, 0.2) is 0 Å². The highest BCUT2D eigenvalue weighted by Gasteiger charge is 2.16. The van der Waals surface area contributed by atoms with E-state index in [1.807, 2.05) is 0 Å². The Labute approximate surface area is 89.5 Å². The SMILES string of the molecule is O=C1C=c2ccc3c(c2N=NC1=O)C=CN=3. The zero-order chi connectivity index (χ0) is 11.1. The lowest BCUT2D eigenvalue weighted by atomic mass is 10.1. The van der Waals surface area contributed by atoms with Gasteiger partial charge in [0, 0.05) is 23.1 Å². The fourth-order valence-corrected chi connectivity index (χ4v) is 1.66. The molecule has 0 bridgehead atoms. The van der Waals surface area contributed by atoms with Crippen LogP contribution >= 0.6 is 0 Å². The lowest BCUT2D eigenvalue weighted by molar-refractivity contribution is -0.132. The first-order valence-corrected chi connectivity index (χ1v) is 4.65. The van der Waals surface area contributed by atoms with E-state index in [1.165, 1.54) is 6.08 Å². The van der Waals surface area contributed by atoms with Gasteiger partial charge in [-0.3, -0.25) is 14.6 Å². The van der Waals surface area contributed by atoms with Crippen LogP contribution in [-0.4, -0.2) is 11.7 Å². The minimum Gasteiger partial charge on any atom is -0.284 e. The number of hydrogen-bond acceptors (Lipinski definition) is 4. The van der Waals surface area contributed by atoms with Gasteiger partial charge in [-0.2, -0.15) is 0 Å². The van der Waals surface area contributed by atoms with Crippen LogP contribution in [0, 0.1) is 0 Å². The maximum absolute atomic E-state index is 11.3. The Morgan fingerprint density at radius 3 is 2.81 bits per heavy atom. The highest BCUT2D eigenvalue weighted by atomic mass is 16.2. The van der Waals surface area contributed by atoms with Crippen molar-refractivity contribution in [1.29, 1.82) is 0 Å². The molecule has 2 aliphatic rings. The standard InChI is InChI=1S/C11H5N3O2/c15-9-5-6-1-2-8-7(3-4-12-8)10(6)13-14-11(9)16/h1-5H. The Bertz CT molecular complexity index is 699. The van der Waals surface area contributed by atoms with Crippen molar-refractivity contribution >= 4 is 29.5 Å². The van der Waals surface area contributed by atoms with Gasteiger partial charge in [-0.05, 0) is 12.1 Å². The van der Waals surface area contributed by atoms with E-state index < -0.39 is 11.7 Å². The van der Waals surface area contributed by atoms with Crippen LogP contribution in [-0.2, 0) is 9.59 Å². The minimum atomic E-state index is -0.844. The van der Waals surface area contributed by atoms with E-state index in [4.69, 9.17) is 0 Å². The van der Waals surface area contributed by atoms with Gasteiger partial charge in [0.2, 0.25) is 5.78 Å². The van der Waals surface area contributed by atoms with E-state index in [0.29, 0.717) is 10.9 Å². The molecule has 3 rings (SSSR count). The van der Waals surface area contributed by atoms with Crippen LogP contribution in [0.15, 0.2) is 33.6 Å². The van der Waals surface area contributed by atoms with Crippen LogP contribution in [0.3, 0.4) is 0 Å². The Morgan fingerprint density at radius 2 is 1.94 bits per heavy atom. The lowest BCUT2D eigenvalue weighted by Gasteiger charge is -1.96. The monoisotopic (exact) mass is 211 g/mol. The number of hydrogen-bond donors (Lipinski definition) is 0. The molecule has 0 aromatic heterocycles. The number of carbonyl (C=O) groups excluding carboxylic acids is 2. The maximum atomic E-state index is 11.3. The topological polar surface area (TPSA) is 71.2 Å². The van der Waals surface area contributed by atoms with Crippen molar-refractivity contribution in [2.45, 2.75) is 0 Å². The van der Waals surface area contributed by atoms with E-state index in [-0.39, 0.29) is 0 Å². The molecule has 0 spiro atoms. The summed E-state index contributed by atoms with van der Waals surface area (Å²) in [5, 5.41) is 8.52. The number of rotatable bonds is 0. The summed E-state index contributed by atoms with van der Waals surface area (Å²) in [5.74, 6) is -1.50. The molecular formula is C11H5N3O2. The zero-order valence-electron chi connectivity index (χ0n) is 8.04. The highest BCUT2D eigenvalue weighted by molar-refractivity contribution is 6.48. The molecule has 0 N–H and O–H groups in total. The van der Waals surface area contributed by atoms with Crippen LogP contribution in [0.1, 0.15) is 5.56 Å². The fourth-order valence-electron chi connectivity index (χ4n) is 1.66. The lowest BCUT2D eigenvalue weighted by Crippen LogP contribution is -2.14. The first-order chi connectivity index (χ1) is 7.75. The smallest absolute Gasteiger partial charge is 0.284 e. The molecule has 5 nitrogen and oxygen atoms in total. The molecule has 0 fully saturated rings. The van der Waals surface area contributed by atoms with Gasteiger partial charge in [-0.25, -0.2) is 0 Å². The highest BCUT2D eigenvalue weighted by Crippen LogP contribution is 2.16. The molecule has 1 amide bonds. The average molecular weight is 211 g/mol. The third-order valence-electron chi connectivity index (χ3n) is 2.42. The molecule has 0 saturated heterocycles. The molecule has 5 heteroatoms. The fraction of sp³-hybridized carbons (Fsp3) is 0. The summed E-state index contributed by atoms with van der Waals surface area (Å²) in [6.07, 6.45) is 4.68. The molecule has 76 valence electrons. The number of fused-ring (bicyclic) bond motifs is 3. The third-order valence-corrected chi connectivity index (χ3v) is 2.42. The van der Waals surface area contributed by atoms with Crippen molar-refractivity contribution in [1.82, 2.24) is 0 Å². The van der Waals surface area contributed by atoms with E-state index in [0.717, 1.165) is 10.9 Å². The summed E-state index contributed by atoms with van der Waals surface area (Å²) in [6, 6.07) is 3.49. The maximum Gasteiger partial charge on any atom is 0.335 e. The van der Waals surface area contributed by atoms with Gasteiger partial charge >= 0.3 is 5.91 Å². The molecule has 0 atom stereocenters. The van der Waals surface area contributed by atoms with Crippen LogP contribution in [0.4, 0.5) is 5.69 Å². The number of nitrogens with zero attached hydrogens (tertiary/aromatic N) is 3. The van der Waals surface area contributed by atoms with Gasteiger partial charge in [0.05, 0.1) is 5.36 Å². The van der Waals surface area contributed by atoms with Gasteiger partial charge in [0.25, 0.3) is 0 Å². The summed E-state index contributed by atoms with van der Waals surface area (Å²) in [5.41, 5.74) is 1.31. The Morgan fingerprint density at radius 1 is 1.06 bits per heavy atom. The molecule has 0 unspecified atom stereocenters. The minimum absolute atomic E-state index is 0.522. The molecule has 16 heavy (non-hydrogen) atoms. The van der Waals surface area contributed by atoms with Gasteiger partial charge in [0.1, 0.15) is 5.69 Å². The van der Waals surface area contributed by atoms with Crippen LogP contribution in [0.5, 0.6) is 0 Å². The second-order valence-corrected chi connectivity index (χ2v) is 3.39. The number of benzene rings is 1. The molecular weight excluding hydrogens is 206 g/mol. The quantitative estimate of drug-likeness (QED) is 0.577. The normalized spacial score (nSPS) is 16.2. The molecule has 1 aromatic rings. The average Bonchev–Trinajstić information content (AvgIpc) is 2.69. The summed E-state index contributed by atoms with van der Waals surface area (Å²) >= 11 is 0. The number of carbonyl (C=O) groups is 2. The van der Waals surface area contributed by atoms with Gasteiger partial charge < -0.3 is 0 Å². The summed E-state index contributed by atoms with van der Waals surface area (Å²) in [6.45, 7) is 0. The first-order valence-electron chi connectivity index (χ1n) is 4.65. The number of ketones is 1. The van der Waals surface area contributed by atoms with Crippen molar-refractivity contribution in [3.63, 3.8) is 0 Å². The van der Waals surface area contributed by atoms with Crippen molar-refractivity contribution in [3.05, 3.63) is 34.5 Å². The number of Topliss-reactive ketones (excluding diaryl/α,β-unsaturated/α-hetero) is 1. The number of amides is 1. The van der Waals surface area contributed by atoms with Crippen LogP contribution in [0.2, 0.25) is 0 Å². The summed E-state index contributed by atoms with van der Waals surface area (Å²) < 4.78 is 0. The van der Waals surface area contributed by atoms with E-state index in [2.05, 4.69) is 15.2 Å². The summed E-state index contributed by atoms with van der Waals surface area (Å²) in [7, 11) is 0. The second-order valence-electron chi connectivity index (χ2n) is 3.39. The molecule has 0 radical (unpaired) electrons. The van der Waals surface area contributed by atoms with E-state index >= 15 is 0 Å². The van der Waals surface area contributed by atoms with Crippen LogP contribution < -0.4 is 10.6 Å². The first kappa shape index (κ1) is 8.84. The second kappa shape index (κ2) is 3.03. The predicted octanol–water partition coefficient (Wildman–Crippen LogP) is 0.264. The Hall–Kier alpha value is -2.43. The molecule has 0 saturated carbocycles. The van der Waals surface area contributed by atoms with Crippen molar-refractivity contribution in [2.24, 2.45) is 15.2 Å². The van der Waals surface area contributed by atoms with E-state index in [1.54, 1.807) is 24.4 Å². The summed E-state index contributed by atoms with van der Waals surface area (Å²) in [4.78, 5) is 26.5. The molecule has 2 heterocycles. The molecule has 1 aromatic carbocycles. The third kappa shape index (κ3) is 1.15.